The van der Waals surface area contributed by atoms with Gasteiger partial charge < -0.3 is 10.3 Å². The van der Waals surface area contributed by atoms with Gasteiger partial charge in [-0.05, 0) is 42.8 Å². The zero-order valence-corrected chi connectivity index (χ0v) is 11.2. The number of benzene rings is 1. The van der Waals surface area contributed by atoms with Crippen LogP contribution in [-0.4, -0.2) is 15.6 Å². The van der Waals surface area contributed by atoms with Crippen LogP contribution >= 0.6 is 11.8 Å². The molecule has 1 aromatic heterocycles. The van der Waals surface area contributed by atoms with Crippen LogP contribution in [0.15, 0.2) is 40.6 Å². The Balaban J connectivity index is 2.17. The van der Waals surface area contributed by atoms with Crippen LogP contribution in [0.3, 0.4) is 0 Å². The van der Waals surface area contributed by atoms with E-state index in [0.29, 0.717) is 11.3 Å². The number of rotatable bonds is 4. The van der Waals surface area contributed by atoms with Crippen LogP contribution in [0.2, 0.25) is 0 Å². The van der Waals surface area contributed by atoms with Crippen LogP contribution in [0.25, 0.3) is 0 Å². The van der Waals surface area contributed by atoms with Gasteiger partial charge in [0.2, 0.25) is 0 Å². The lowest BCUT2D eigenvalue weighted by Crippen LogP contribution is -2.17. The first-order chi connectivity index (χ1) is 8.56. The maximum atomic E-state index is 13.9. The van der Waals surface area contributed by atoms with Crippen molar-refractivity contribution in [3.63, 3.8) is 0 Å². The highest BCUT2D eigenvalue weighted by Crippen LogP contribution is 2.28. The molecule has 96 valence electrons. The number of nitrogens with zero attached hydrogens (tertiary/aromatic N) is 2. The van der Waals surface area contributed by atoms with Crippen molar-refractivity contribution >= 4 is 11.8 Å². The van der Waals surface area contributed by atoms with E-state index in [4.69, 9.17) is 5.73 Å². The van der Waals surface area contributed by atoms with E-state index in [1.165, 1.54) is 11.8 Å². The van der Waals surface area contributed by atoms with Crippen molar-refractivity contribution in [1.29, 1.82) is 0 Å². The van der Waals surface area contributed by atoms with Gasteiger partial charge in [0.25, 0.3) is 0 Å². The smallest absolute Gasteiger partial charge is 0.172 e. The van der Waals surface area contributed by atoms with Gasteiger partial charge in [0.15, 0.2) is 5.16 Å². The third kappa shape index (κ3) is 3.11. The molecule has 1 unspecified atom stereocenters. The van der Waals surface area contributed by atoms with E-state index in [9.17, 15) is 4.39 Å². The van der Waals surface area contributed by atoms with Gasteiger partial charge >= 0.3 is 0 Å². The lowest BCUT2D eigenvalue weighted by atomic mass is 10.1. The zero-order chi connectivity index (χ0) is 13.1. The molecule has 0 aliphatic rings. The number of imidazole rings is 1. The summed E-state index contributed by atoms with van der Waals surface area (Å²) in [5.41, 5.74) is 6.62. The van der Waals surface area contributed by atoms with E-state index in [1.807, 2.05) is 30.8 Å². The van der Waals surface area contributed by atoms with Crippen LogP contribution in [-0.2, 0) is 13.5 Å². The van der Waals surface area contributed by atoms with Gasteiger partial charge in [-0.1, -0.05) is 6.07 Å². The van der Waals surface area contributed by atoms with Gasteiger partial charge in [-0.15, -0.1) is 0 Å². The van der Waals surface area contributed by atoms with E-state index in [2.05, 4.69) is 4.98 Å². The molecule has 0 fully saturated rings. The fourth-order valence-corrected chi connectivity index (χ4v) is 2.48. The second-order valence-corrected chi connectivity index (χ2v) is 5.38. The summed E-state index contributed by atoms with van der Waals surface area (Å²) in [5.74, 6) is -0.221. The molecule has 0 saturated carbocycles. The minimum atomic E-state index is -0.221. The highest BCUT2D eigenvalue weighted by Gasteiger charge is 2.09. The van der Waals surface area contributed by atoms with Crippen LogP contribution in [0.1, 0.15) is 12.5 Å². The Morgan fingerprint density at radius 2 is 2.28 bits per heavy atom. The summed E-state index contributed by atoms with van der Waals surface area (Å²) in [5, 5.41) is 0.772. The van der Waals surface area contributed by atoms with Gasteiger partial charge in [-0.25, -0.2) is 9.37 Å². The van der Waals surface area contributed by atoms with Crippen LogP contribution < -0.4 is 5.73 Å². The van der Waals surface area contributed by atoms with Crippen molar-refractivity contribution in [2.75, 3.05) is 0 Å². The SMILES string of the molecule is CC(N)Cc1ccc(Sc2nccn2C)c(F)c1. The van der Waals surface area contributed by atoms with Gasteiger partial charge in [-0.3, -0.25) is 0 Å². The molecule has 2 rings (SSSR count). The molecular formula is C13H16FN3S. The molecule has 0 bridgehead atoms. The van der Waals surface area contributed by atoms with E-state index in [0.717, 1.165) is 10.7 Å². The molecule has 1 aromatic carbocycles. The van der Waals surface area contributed by atoms with Crippen LogP contribution in [0, 0.1) is 5.82 Å². The quantitative estimate of drug-likeness (QED) is 0.924. The molecule has 0 aliphatic carbocycles. The molecule has 5 heteroatoms. The van der Waals surface area contributed by atoms with E-state index >= 15 is 0 Å². The van der Waals surface area contributed by atoms with Crippen molar-refractivity contribution in [2.24, 2.45) is 12.8 Å². The van der Waals surface area contributed by atoms with E-state index in [1.54, 1.807) is 18.3 Å². The maximum Gasteiger partial charge on any atom is 0.172 e. The van der Waals surface area contributed by atoms with Crippen molar-refractivity contribution in [1.82, 2.24) is 9.55 Å². The first-order valence-corrected chi connectivity index (χ1v) is 6.57. The molecule has 3 nitrogen and oxygen atoms in total. The van der Waals surface area contributed by atoms with Crippen molar-refractivity contribution in [2.45, 2.75) is 29.4 Å². The number of halogens is 1. The Labute approximate surface area is 110 Å². The average molecular weight is 265 g/mol. The molecule has 0 aliphatic heterocycles. The molecule has 1 heterocycles. The third-order valence-corrected chi connectivity index (χ3v) is 3.66. The van der Waals surface area contributed by atoms with Gasteiger partial charge in [0.1, 0.15) is 5.82 Å². The summed E-state index contributed by atoms with van der Waals surface area (Å²) in [6, 6.07) is 5.29. The molecule has 0 spiro atoms. The largest absolute Gasteiger partial charge is 0.329 e. The van der Waals surface area contributed by atoms with E-state index < -0.39 is 0 Å². The summed E-state index contributed by atoms with van der Waals surface area (Å²) < 4.78 is 15.8. The summed E-state index contributed by atoms with van der Waals surface area (Å²) in [7, 11) is 1.89. The summed E-state index contributed by atoms with van der Waals surface area (Å²) in [6.45, 7) is 1.91. The number of aromatic nitrogens is 2. The average Bonchev–Trinajstić information content (AvgIpc) is 2.67. The third-order valence-electron chi connectivity index (χ3n) is 2.53. The first-order valence-electron chi connectivity index (χ1n) is 5.75. The number of hydrogen-bond donors (Lipinski definition) is 1. The minimum absolute atomic E-state index is 0.0393. The second-order valence-electron chi connectivity index (χ2n) is 4.37. The van der Waals surface area contributed by atoms with Crippen LogP contribution in [0.4, 0.5) is 4.39 Å². The fourth-order valence-electron chi connectivity index (χ4n) is 1.67. The van der Waals surface area contributed by atoms with Gasteiger partial charge in [-0.2, -0.15) is 0 Å². The molecule has 18 heavy (non-hydrogen) atoms. The van der Waals surface area contributed by atoms with Crippen LogP contribution in [0.5, 0.6) is 0 Å². The Morgan fingerprint density at radius 1 is 1.50 bits per heavy atom. The summed E-state index contributed by atoms with van der Waals surface area (Å²) in [4.78, 5) is 4.74. The minimum Gasteiger partial charge on any atom is -0.329 e. The summed E-state index contributed by atoms with van der Waals surface area (Å²) in [6.07, 6.45) is 4.22. The molecule has 0 amide bonds. The summed E-state index contributed by atoms with van der Waals surface area (Å²) >= 11 is 1.32. The zero-order valence-electron chi connectivity index (χ0n) is 10.4. The monoisotopic (exact) mass is 265 g/mol. The Hall–Kier alpha value is -1.33. The topological polar surface area (TPSA) is 43.8 Å². The van der Waals surface area contributed by atoms with Gasteiger partial charge in [0.05, 0.1) is 4.90 Å². The van der Waals surface area contributed by atoms with Gasteiger partial charge in [0, 0.05) is 25.5 Å². The highest BCUT2D eigenvalue weighted by molar-refractivity contribution is 7.99. The van der Waals surface area contributed by atoms with Crippen molar-refractivity contribution in [3.8, 4) is 0 Å². The molecule has 1 atom stereocenters. The van der Waals surface area contributed by atoms with Crippen molar-refractivity contribution in [3.05, 3.63) is 42.0 Å². The predicted molar refractivity (Wildman–Crippen MR) is 71.1 cm³/mol. The lowest BCUT2D eigenvalue weighted by Gasteiger charge is -2.08. The highest BCUT2D eigenvalue weighted by atomic mass is 32.2. The Morgan fingerprint density at radius 3 is 2.83 bits per heavy atom. The molecule has 2 N–H and O–H groups in total. The standard InChI is InChI=1S/C13H16FN3S/c1-9(15)7-10-3-4-12(11(14)8-10)18-13-16-5-6-17(13)2/h3-6,8-9H,7,15H2,1-2H3. The Bertz CT molecular complexity index is 537. The lowest BCUT2D eigenvalue weighted by molar-refractivity contribution is 0.596. The molecule has 2 aromatic rings. The Kier molecular flexibility index (Phi) is 4.04. The number of hydrogen-bond acceptors (Lipinski definition) is 3. The maximum absolute atomic E-state index is 13.9. The number of aryl methyl sites for hydroxylation is 1. The fraction of sp³-hybridized carbons (Fsp3) is 0.308. The second kappa shape index (κ2) is 5.54. The molecular weight excluding hydrogens is 249 g/mol. The predicted octanol–water partition coefficient (Wildman–Crippen LogP) is 2.60. The van der Waals surface area contributed by atoms with Crippen molar-refractivity contribution < 1.29 is 4.39 Å². The first kappa shape index (κ1) is 13.1. The number of nitrogens with two attached hydrogens (primary N) is 1. The normalized spacial score (nSPS) is 12.7. The van der Waals surface area contributed by atoms with E-state index in [-0.39, 0.29) is 11.9 Å². The molecule has 0 radical (unpaired) electrons. The molecule has 0 saturated heterocycles.